The molecule has 0 heterocycles. The Bertz CT molecular complexity index is 1580. The number of nitrogens with one attached hydrogen (secondary N) is 1. The molecule has 0 spiro atoms. The molecule has 4 rings (SSSR count). The van der Waals surface area contributed by atoms with Gasteiger partial charge in [-0.25, -0.2) is 8.78 Å². The van der Waals surface area contributed by atoms with Crippen LogP contribution < -0.4 is 5.32 Å². The summed E-state index contributed by atoms with van der Waals surface area (Å²) in [4.78, 5) is 37.6. The summed E-state index contributed by atoms with van der Waals surface area (Å²) in [6.07, 6.45) is -1.80. The summed E-state index contributed by atoms with van der Waals surface area (Å²) < 4.78 is 53.2. The number of hydrogen-bond acceptors (Lipinski definition) is 3. The highest BCUT2D eigenvalue weighted by Crippen LogP contribution is 2.65. The molecule has 216 valence electrons. The molecule has 3 aromatic rings. The Morgan fingerprint density at radius 3 is 2.05 bits per heavy atom. The highest BCUT2D eigenvalue weighted by Gasteiger charge is 2.67. The van der Waals surface area contributed by atoms with Crippen LogP contribution >= 0.6 is 69.6 Å². The molecule has 1 amide bonds. The van der Waals surface area contributed by atoms with E-state index in [1.807, 2.05) is 0 Å². The first-order valence-electron chi connectivity index (χ1n) is 11.5. The molecule has 1 saturated carbocycles. The van der Waals surface area contributed by atoms with E-state index in [4.69, 9.17) is 58.0 Å². The van der Waals surface area contributed by atoms with E-state index in [0.29, 0.717) is 16.7 Å². The standard InChI is InChI=1S/C27H15Cl6F4NO3/c28-16-4-2-14(38-25(41)24-23(26(24,31)32)11-1-3-17(29)18(30)6-11)9-15(16)21(39)7-12-5-13(20(35)10-19(12)34)8-22(40)27(33,36)37/h1-6,9-10,23-24H,7-8H2,(H,38,41)/t23-,24+/m0/s1. The van der Waals surface area contributed by atoms with E-state index >= 15 is 0 Å². The van der Waals surface area contributed by atoms with Crippen molar-refractivity contribution in [3.05, 3.63) is 97.5 Å². The van der Waals surface area contributed by atoms with Gasteiger partial charge >= 0.3 is 5.38 Å². The lowest BCUT2D eigenvalue weighted by atomic mass is 9.98. The molecule has 1 aliphatic rings. The van der Waals surface area contributed by atoms with Crippen LogP contribution in [0.3, 0.4) is 0 Å². The van der Waals surface area contributed by atoms with E-state index in [0.717, 1.165) is 6.07 Å². The lowest BCUT2D eigenvalue weighted by Gasteiger charge is -2.12. The molecular weight excluding hydrogens is 675 g/mol. The number of ketones is 2. The smallest absolute Gasteiger partial charge is 0.326 e. The number of rotatable bonds is 9. The summed E-state index contributed by atoms with van der Waals surface area (Å²) in [6, 6.07) is 9.87. The summed E-state index contributed by atoms with van der Waals surface area (Å²) in [5.41, 5.74) is -0.342. The van der Waals surface area contributed by atoms with Crippen molar-refractivity contribution in [3.8, 4) is 0 Å². The number of anilines is 1. The first kappa shape index (κ1) is 31.9. The Hall–Kier alpha value is -2.07. The van der Waals surface area contributed by atoms with Gasteiger partial charge < -0.3 is 5.32 Å². The molecular formula is C27H15Cl6F4NO3. The van der Waals surface area contributed by atoms with E-state index in [2.05, 4.69) is 16.9 Å². The Kier molecular flexibility index (Phi) is 9.25. The molecule has 0 aromatic heterocycles. The minimum atomic E-state index is -4.25. The largest absolute Gasteiger partial charge is 0.380 e. The fourth-order valence-corrected chi connectivity index (χ4v) is 5.69. The summed E-state index contributed by atoms with van der Waals surface area (Å²) in [7, 11) is 0. The van der Waals surface area contributed by atoms with Gasteiger partial charge in [-0.05, 0) is 64.7 Å². The second kappa shape index (κ2) is 11.9. The summed E-state index contributed by atoms with van der Waals surface area (Å²) in [6.45, 7) is 0. The monoisotopic (exact) mass is 687 g/mol. The number of Topliss-reactive ketones (excluding diaryl/α,β-unsaturated/α-hetero) is 2. The number of carbonyl (C=O) groups excluding carboxylic acids is 3. The Balaban J connectivity index is 1.51. The van der Waals surface area contributed by atoms with Crippen LogP contribution in [0, 0.1) is 17.6 Å². The zero-order valence-electron chi connectivity index (χ0n) is 20.2. The highest BCUT2D eigenvalue weighted by atomic mass is 35.5. The molecule has 4 nitrogen and oxygen atoms in total. The maximum absolute atomic E-state index is 14.4. The van der Waals surface area contributed by atoms with Gasteiger partial charge in [-0.3, -0.25) is 14.4 Å². The molecule has 0 radical (unpaired) electrons. The van der Waals surface area contributed by atoms with Crippen LogP contribution in [0.5, 0.6) is 0 Å². The number of halogens is 10. The number of amides is 1. The van der Waals surface area contributed by atoms with Gasteiger partial charge in [0.2, 0.25) is 11.7 Å². The van der Waals surface area contributed by atoms with Crippen LogP contribution in [0.1, 0.15) is 33.0 Å². The van der Waals surface area contributed by atoms with Gasteiger partial charge in [0.05, 0.1) is 21.0 Å². The van der Waals surface area contributed by atoms with Crippen molar-refractivity contribution >= 4 is 92.8 Å². The molecule has 41 heavy (non-hydrogen) atoms. The van der Waals surface area contributed by atoms with Crippen molar-refractivity contribution in [2.75, 3.05) is 5.32 Å². The molecule has 3 aromatic carbocycles. The van der Waals surface area contributed by atoms with Crippen molar-refractivity contribution in [1.29, 1.82) is 0 Å². The lowest BCUT2D eigenvalue weighted by molar-refractivity contribution is -0.132. The molecule has 1 fully saturated rings. The lowest BCUT2D eigenvalue weighted by Crippen LogP contribution is -2.24. The predicted molar refractivity (Wildman–Crippen MR) is 151 cm³/mol. The van der Waals surface area contributed by atoms with Crippen molar-refractivity contribution in [2.45, 2.75) is 28.5 Å². The SMILES string of the molecule is O=C(Cc1cc(CC(=O)C(F)(F)Cl)c(F)cc1F)c1cc(NC(=O)[C@H]2[C@H](c3ccc(Cl)c(Cl)c3)C2(Cl)Cl)ccc1Cl. The van der Waals surface area contributed by atoms with Crippen molar-refractivity contribution < 1.29 is 31.9 Å². The zero-order valence-corrected chi connectivity index (χ0v) is 24.7. The van der Waals surface area contributed by atoms with Crippen LogP contribution in [-0.2, 0) is 22.4 Å². The van der Waals surface area contributed by atoms with Crippen LogP contribution in [-0.4, -0.2) is 27.2 Å². The normalized spacial score (nSPS) is 17.7. The topological polar surface area (TPSA) is 63.2 Å². The van der Waals surface area contributed by atoms with Gasteiger partial charge in [0.15, 0.2) is 5.78 Å². The average molecular weight is 690 g/mol. The molecule has 14 heteroatoms. The van der Waals surface area contributed by atoms with E-state index in [1.165, 1.54) is 18.2 Å². The summed E-state index contributed by atoms with van der Waals surface area (Å²) in [5, 5.41) is -1.11. The molecule has 0 aliphatic heterocycles. The Morgan fingerprint density at radius 1 is 0.829 bits per heavy atom. The van der Waals surface area contributed by atoms with Crippen molar-refractivity contribution in [2.24, 2.45) is 5.92 Å². The van der Waals surface area contributed by atoms with E-state index in [9.17, 15) is 31.9 Å². The molecule has 0 unspecified atom stereocenters. The summed E-state index contributed by atoms with van der Waals surface area (Å²) in [5.74, 6) is -7.01. The molecule has 1 aliphatic carbocycles. The van der Waals surface area contributed by atoms with Crippen LogP contribution in [0.4, 0.5) is 23.2 Å². The minimum Gasteiger partial charge on any atom is -0.326 e. The molecule has 2 atom stereocenters. The predicted octanol–water partition coefficient (Wildman–Crippen LogP) is 8.82. The second-order valence-electron chi connectivity index (χ2n) is 9.22. The van der Waals surface area contributed by atoms with Gasteiger partial charge in [0, 0.05) is 36.1 Å². The van der Waals surface area contributed by atoms with Gasteiger partial charge in [0.1, 0.15) is 16.0 Å². The maximum atomic E-state index is 14.4. The molecule has 0 bridgehead atoms. The Labute approximate surface area is 260 Å². The first-order valence-corrected chi connectivity index (χ1v) is 13.8. The number of alkyl halides is 5. The third-order valence-electron chi connectivity index (χ3n) is 6.41. The van der Waals surface area contributed by atoms with E-state index < -0.39 is 69.1 Å². The fourth-order valence-electron chi connectivity index (χ4n) is 4.27. The minimum absolute atomic E-state index is 0.0446. The Morgan fingerprint density at radius 2 is 1.44 bits per heavy atom. The maximum Gasteiger partial charge on any atom is 0.380 e. The quantitative estimate of drug-likeness (QED) is 0.139. The van der Waals surface area contributed by atoms with Gasteiger partial charge in [-0.2, -0.15) is 8.78 Å². The second-order valence-corrected chi connectivity index (χ2v) is 12.4. The van der Waals surface area contributed by atoms with Crippen molar-refractivity contribution in [1.82, 2.24) is 0 Å². The third kappa shape index (κ3) is 6.95. The number of hydrogen-bond donors (Lipinski definition) is 1. The van der Waals surface area contributed by atoms with Gasteiger partial charge in [-0.1, -0.05) is 40.9 Å². The van der Waals surface area contributed by atoms with Crippen LogP contribution in [0.25, 0.3) is 0 Å². The zero-order chi connectivity index (χ0) is 30.4. The number of carbonyl (C=O) groups is 3. The van der Waals surface area contributed by atoms with Crippen molar-refractivity contribution in [3.63, 3.8) is 0 Å². The van der Waals surface area contributed by atoms with E-state index in [-0.39, 0.29) is 26.9 Å². The first-order chi connectivity index (χ1) is 19.0. The third-order valence-corrected chi connectivity index (χ3v) is 8.63. The summed E-state index contributed by atoms with van der Waals surface area (Å²) >= 11 is 35.6. The fraction of sp³-hybridized carbons (Fsp3) is 0.222. The van der Waals surface area contributed by atoms with Gasteiger partial charge in [0.25, 0.3) is 0 Å². The van der Waals surface area contributed by atoms with Gasteiger partial charge in [-0.15, -0.1) is 23.2 Å². The van der Waals surface area contributed by atoms with Crippen LogP contribution in [0.2, 0.25) is 15.1 Å². The number of benzene rings is 3. The molecule has 0 saturated heterocycles. The highest BCUT2D eigenvalue weighted by molar-refractivity contribution is 6.53. The van der Waals surface area contributed by atoms with Crippen LogP contribution in [0.15, 0.2) is 48.5 Å². The molecule has 1 N–H and O–H groups in total. The van der Waals surface area contributed by atoms with E-state index in [1.54, 1.807) is 18.2 Å². The average Bonchev–Trinajstić information content (AvgIpc) is 3.46.